The molecule has 0 saturated heterocycles. The largest absolute Gasteiger partial charge is 0.348 e. The highest BCUT2D eigenvalue weighted by molar-refractivity contribution is 5.95. The lowest BCUT2D eigenvalue weighted by atomic mass is 10.1. The lowest BCUT2D eigenvalue weighted by molar-refractivity contribution is 0.0949. The van der Waals surface area contributed by atoms with Gasteiger partial charge in [-0.2, -0.15) is 10.2 Å². The second-order valence-corrected chi connectivity index (χ2v) is 4.80. The van der Waals surface area contributed by atoms with Crippen LogP contribution in [0.3, 0.4) is 0 Å². The number of nitrogens with zero attached hydrogens (tertiary/aromatic N) is 2. The molecule has 0 aliphatic heterocycles. The molecule has 0 fully saturated rings. The van der Waals surface area contributed by atoms with Gasteiger partial charge in [0.25, 0.3) is 5.91 Å². The van der Waals surface area contributed by atoms with Crippen LogP contribution in [-0.4, -0.2) is 16.1 Å². The van der Waals surface area contributed by atoms with Crippen LogP contribution >= 0.6 is 0 Å². The van der Waals surface area contributed by atoms with E-state index in [0.717, 1.165) is 0 Å². The standard InChI is InChI=1S/C15H17FN4O/c1-9-5-13(10(2)20-19-9)15(21)18-8-12-4-3-11(7-17)6-14(12)16/h3-6H,7-8,17H2,1-2H3,(H,18,21). The number of carbonyl (C=O) groups is 1. The Hall–Kier alpha value is -2.34. The van der Waals surface area contributed by atoms with Crippen LogP contribution in [0.4, 0.5) is 4.39 Å². The predicted octanol–water partition coefficient (Wildman–Crippen LogP) is 1.62. The average molecular weight is 288 g/mol. The highest BCUT2D eigenvalue weighted by atomic mass is 19.1. The summed E-state index contributed by atoms with van der Waals surface area (Å²) in [5, 5.41) is 10.5. The van der Waals surface area contributed by atoms with Gasteiger partial charge < -0.3 is 11.1 Å². The van der Waals surface area contributed by atoms with Crippen molar-refractivity contribution in [2.24, 2.45) is 5.73 Å². The molecule has 0 atom stereocenters. The van der Waals surface area contributed by atoms with Gasteiger partial charge in [-0.05, 0) is 31.5 Å². The van der Waals surface area contributed by atoms with Crippen molar-refractivity contribution in [3.63, 3.8) is 0 Å². The zero-order valence-electron chi connectivity index (χ0n) is 12.0. The third-order valence-electron chi connectivity index (χ3n) is 3.14. The van der Waals surface area contributed by atoms with E-state index in [0.29, 0.717) is 28.1 Å². The molecule has 0 radical (unpaired) electrons. The molecule has 0 bridgehead atoms. The number of aryl methyl sites for hydroxylation is 2. The molecule has 0 saturated carbocycles. The van der Waals surface area contributed by atoms with Crippen molar-refractivity contribution >= 4 is 5.91 Å². The van der Waals surface area contributed by atoms with E-state index in [-0.39, 0.29) is 24.8 Å². The van der Waals surface area contributed by atoms with E-state index in [1.807, 2.05) is 0 Å². The quantitative estimate of drug-likeness (QED) is 0.896. The van der Waals surface area contributed by atoms with Gasteiger partial charge in [0.05, 0.1) is 17.0 Å². The molecular weight excluding hydrogens is 271 g/mol. The fourth-order valence-corrected chi connectivity index (χ4v) is 1.91. The van der Waals surface area contributed by atoms with E-state index < -0.39 is 0 Å². The Kier molecular flexibility index (Phi) is 4.59. The van der Waals surface area contributed by atoms with Crippen molar-refractivity contribution < 1.29 is 9.18 Å². The van der Waals surface area contributed by atoms with Gasteiger partial charge in [0.1, 0.15) is 5.82 Å². The molecule has 6 heteroatoms. The van der Waals surface area contributed by atoms with Crippen LogP contribution in [0.2, 0.25) is 0 Å². The molecule has 5 nitrogen and oxygen atoms in total. The molecule has 0 aliphatic rings. The maximum atomic E-state index is 13.8. The van der Waals surface area contributed by atoms with Crippen LogP contribution in [-0.2, 0) is 13.1 Å². The van der Waals surface area contributed by atoms with Crippen molar-refractivity contribution in [1.29, 1.82) is 0 Å². The minimum absolute atomic E-state index is 0.107. The first-order chi connectivity index (χ1) is 10.0. The van der Waals surface area contributed by atoms with Crippen LogP contribution in [0.1, 0.15) is 32.9 Å². The topological polar surface area (TPSA) is 80.9 Å². The Morgan fingerprint density at radius 2 is 2.05 bits per heavy atom. The van der Waals surface area contributed by atoms with Gasteiger partial charge in [-0.25, -0.2) is 4.39 Å². The zero-order chi connectivity index (χ0) is 15.4. The van der Waals surface area contributed by atoms with Gasteiger partial charge in [0.2, 0.25) is 0 Å². The monoisotopic (exact) mass is 288 g/mol. The normalized spacial score (nSPS) is 10.5. The van der Waals surface area contributed by atoms with E-state index in [1.54, 1.807) is 32.0 Å². The predicted molar refractivity (Wildman–Crippen MR) is 77.0 cm³/mol. The SMILES string of the molecule is Cc1cc(C(=O)NCc2ccc(CN)cc2F)c(C)nn1. The van der Waals surface area contributed by atoms with E-state index in [2.05, 4.69) is 15.5 Å². The van der Waals surface area contributed by atoms with Gasteiger partial charge in [0, 0.05) is 18.7 Å². The summed E-state index contributed by atoms with van der Waals surface area (Å²) < 4.78 is 13.8. The van der Waals surface area contributed by atoms with Crippen LogP contribution in [0.15, 0.2) is 24.3 Å². The molecule has 0 aliphatic carbocycles. The average Bonchev–Trinajstić information content (AvgIpc) is 2.48. The van der Waals surface area contributed by atoms with Crippen molar-refractivity contribution in [1.82, 2.24) is 15.5 Å². The first-order valence-corrected chi connectivity index (χ1v) is 6.57. The maximum absolute atomic E-state index is 13.8. The third-order valence-corrected chi connectivity index (χ3v) is 3.14. The third kappa shape index (κ3) is 3.61. The summed E-state index contributed by atoms with van der Waals surface area (Å²) in [4.78, 5) is 12.1. The molecular formula is C15H17FN4O. The molecule has 0 unspecified atom stereocenters. The Bertz CT molecular complexity index is 673. The number of carbonyl (C=O) groups excluding carboxylic acids is 1. The second-order valence-electron chi connectivity index (χ2n) is 4.80. The summed E-state index contributed by atoms with van der Waals surface area (Å²) in [5.41, 5.74) is 8.22. The molecule has 21 heavy (non-hydrogen) atoms. The lowest BCUT2D eigenvalue weighted by Gasteiger charge is -2.09. The highest BCUT2D eigenvalue weighted by Crippen LogP contribution is 2.11. The number of nitrogens with two attached hydrogens (primary N) is 1. The fourth-order valence-electron chi connectivity index (χ4n) is 1.91. The molecule has 1 aromatic heterocycles. The van der Waals surface area contributed by atoms with E-state index in [1.165, 1.54) is 6.07 Å². The lowest BCUT2D eigenvalue weighted by Crippen LogP contribution is -2.25. The van der Waals surface area contributed by atoms with Gasteiger partial charge in [-0.3, -0.25) is 4.79 Å². The number of aromatic nitrogens is 2. The van der Waals surface area contributed by atoms with Crippen LogP contribution in [0.25, 0.3) is 0 Å². The number of hydrogen-bond donors (Lipinski definition) is 2. The molecule has 1 heterocycles. The Morgan fingerprint density at radius 3 is 2.71 bits per heavy atom. The molecule has 110 valence electrons. The molecule has 2 rings (SSSR count). The summed E-state index contributed by atoms with van der Waals surface area (Å²) in [6, 6.07) is 6.41. The first kappa shape index (κ1) is 15.1. The van der Waals surface area contributed by atoms with Crippen molar-refractivity contribution in [2.75, 3.05) is 0 Å². The molecule has 2 aromatic rings. The van der Waals surface area contributed by atoms with E-state index >= 15 is 0 Å². The van der Waals surface area contributed by atoms with Gasteiger partial charge in [-0.15, -0.1) is 0 Å². The van der Waals surface area contributed by atoms with Crippen molar-refractivity contribution in [3.8, 4) is 0 Å². The fraction of sp³-hybridized carbons (Fsp3) is 0.267. The molecule has 1 amide bonds. The molecule has 3 N–H and O–H groups in total. The van der Waals surface area contributed by atoms with Crippen molar-refractivity contribution in [3.05, 3.63) is 58.2 Å². The van der Waals surface area contributed by atoms with Crippen LogP contribution in [0, 0.1) is 19.7 Å². The number of hydrogen-bond acceptors (Lipinski definition) is 4. The van der Waals surface area contributed by atoms with E-state index in [4.69, 9.17) is 5.73 Å². The van der Waals surface area contributed by atoms with Crippen LogP contribution < -0.4 is 11.1 Å². The first-order valence-electron chi connectivity index (χ1n) is 6.57. The summed E-state index contributed by atoms with van der Waals surface area (Å²) in [6.07, 6.45) is 0. The van der Waals surface area contributed by atoms with Gasteiger partial charge >= 0.3 is 0 Å². The summed E-state index contributed by atoms with van der Waals surface area (Å²) in [5.74, 6) is -0.674. The Morgan fingerprint density at radius 1 is 1.29 bits per heavy atom. The highest BCUT2D eigenvalue weighted by Gasteiger charge is 2.12. The minimum atomic E-state index is -0.376. The number of rotatable bonds is 4. The smallest absolute Gasteiger partial charge is 0.253 e. The molecule has 0 spiro atoms. The Labute approximate surface area is 122 Å². The maximum Gasteiger partial charge on any atom is 0.253 e. The number of benzene rings is 1. The minimum Gasteiger partial charge on any atom is -0.348 e. The summed E-state index contributed by atoms with van der Waals surface area (Å²) in [6.45, 7) is 3.85. The zero-order valence-corrected chi connectivity index (χ0v) is 12.0. The van der Waals surface area contributed by atoms with Gasteiger partial charge in [0.15, 0.2) is 0 Å². The van der Waals surface area contributed by atoms with Gasteiger partial charge in [-0.1, -0.05) is 12.1 Å². The summed E-state index contributed by atoms with van der Waals surface area (Å²) >= 11 is 0. The number of amides is 1. The second kappa shape index (κ2) is 6.41. The Balaban J connectivity index is 2.09. The molecule has 1 aromatic carbocycles. The summed E-state index contributed by atoms with van der Waals surface area (Å²) in [7, 11) is 0. The van der Waals surface area contributed by atoms with Crippen LogP contribution in [0.5, 0.6) is 0 Å². The number of nitrogens with one attached hydrogen (secondary N) is 1. The van der Waals surface area contributed by atoms with Crippen molar-refractivity contribution in [2.45, 2.75) is 26.9 Å². The van der Waals surface area contributed by atoms with E-state index in [9.17, 15) is 9.18 Å². The number of halogens is 1.